The number of benzene rings is 1. The Hall–Kier alpha value is -2.34. The molecule has 0 amide bonds. The van der Waals surface area contributed by atoms with Gasteiger partial charge in [0.2, 0.25) is 5.88 Å². The van der Waals surface area contributed by atoms with Gasteiger partial charge in [-0.05, 0) is 12.1 Å². The molecule has 1 heterocycles. The minimum atomic E-state index is 0.438. The quantitative estimate of drug-likeness (QED) is 0.633. The van der Waals surface area contributed by atoms with Crippen molar-refractivity contribution < 1.29 is 9.47 Å². The van der Waals surface area contributed by atoms with E-state index < -0.39 is 0 Å². The molecule has 6 nitrogen and oxygen atoms in total. The normalized spacial score (nSPS) is 10.1. The zero-order valence-corrected chi connectivity index (χ0v) is 10.9. The summed E-state index contributed by atoms with van der Waals surface area (Å²) in [7, 11) is 1.61. The summed E-state index contributed by atoms with van der Waals surface area (Å²) in [5.74, 6) is 8.35. The molecule has 3 N–H and O–H groups in total. The maximum absolute atomic E-state index is 5.68. The van der Waals surface area contributed by atoms with E-state index in [1.54, 1.807) is 19.2 Å². The van der Waals surface area contributed by atoms with Gasteiger partial charge in [-0.15, -0.1) is 0 Å². The molecule has 2 rings (SSSR count). The van der Waals surface area contributed by atoms with E-state index in [4.69, 9.17) is 15.3 Å². The van der Waals surface area contributed by atoms with Crippen LogP contribution in [0.25, 0.3) is 0 Å². The molecule has 0 aliphatic carbocycles. The molecule has 0 radical (unpaired) electrons. The summed E-state index contributed by atoms with van der Waals surface area (Å²) in [5, 5.41) is 0. The van der Waals surface area contributed by atoms with E-state index in [9.17, 15) is 0 Å². The molecule has 6 heteroatoms. The number of hydrogen-bond donors (Lipinski definition) is 2. The lowest BCUT2D eigenvalue weighted by Gasteiger charge is -2.09. The number of aromatic nitrogens is 2. The molecule has 0 aliphatic heterocycles. The lowest BCUT2D eigenvalue weighted by molar-refractivity contribution is 0.407. The Morgan fingerprint density at radius 3 is 2.68 bits per heavy atom. The first-order chi connectivity index (χ1) is 9.25. The standard InChI is InChI=1S/C13H16N4O2/c1-3-11-15-12(17-14)8-13(16-11)19-10-6-4-5-9(7-10)18-2/h4-8H,3,14H2,1-2H3,(H,15,16,17). The second-order valence-electron chi connectivity index (χ2n) is 3.79. The van der Waals surface area contributed by atoms with E-state index in [1.165, 1.54) is 0 Å². The van der Waals surface area contributed by atoms with E-state index >= 15 is 0 Å². The average molecular weight is 260 g/mol. The predicted molar refractivity (Wildman–Crippen MR) is 72.3 cm³/mol. The van der Waals surface area contributed by atoms with Gasteiger partial charge in [0.1, 0.15) is 23.1 Å². The summed E-state index contributed by atoms with van der Waals surface area (Å²) < 4.78 is 10.8. The zero-order valence-electron chi connectivity index (χ0n) is 10.9. The molecular formula is C13H16N4O2. The number of nitrogens with one attached hydrogen (secondary N) is 1. The van der Waals surface area contributed by atoms with Crippen LogP contribution in [0, 0.1) is 0 Å². The van der Waals surface area contributed by atoms with Gasteiger partial charge in [-0.2, -0.15) is 4.98 Å². The lowest BCUT2D eigenvalue weighted by Crippen LogP contribution is -2.10. The van der Waals surface area contributed by atoms with Gasteiger partial charge in [0.25, 0.3) is 0 Å². The summed E-state index contributed by atoms with van der Waals surface area (Å²) in [6.07, 6.45) is 0.698. The molecule has 1 aromatic heterocycles. The fourth-order valence-corrected chi connectivity index (χ4v) is 1.54. The van der Waals surface area contributed by atoms with Gasteiger partial charge >= 0.3 is 0 Å². The van der Waals surface area contributed by atoms with Gasteiger partial charge in [0.05, 0.1) is 7.11 Å². The number of aryl methyl sites for hydroxylation is 1. The van der Waals surface area contributed by atoms with E-state index in [0.29, 0.717) is 29.7 Å². The third kappa shape index (κ3) is 3.32. The number of nitrogens with zero attached hydrogens (tertiary/aromatic N) is 2. The number of nitrogens with two attached hydrogens (primary N) is 1. The first-order valence-corrected chi connectivity index (χ1v) is 5.91. The molecule has 0 saturated heterocycles. The van der Waals surface area contributed by atoms with Crippen molar-refractivity contribution in [3.8, 4) is 17.4 Å². The summed E-state index contributed by atoms with van der Waals surface area (Å²) in [5.41, 5.74) is 2.49. The zero-order chi connectivity index (χ0) is 13.7. The van der Waals surface area contributed by atoms with Gasteiger partial charge in [-0.1, -0.05) is 13.0 Å². The van der Waals surface area contributed by atoms with Crippen molar-refractivity contribution in [1.29, 1.82) is 0 Å². The smallest absolute Gasteiger partial charge is 0.224 e. The molecule has 0 bridgehead atoms. The maximum atomic E-state index is 5.68. The highest BCUT2D eigenvalue weighted by Crippen LogP contribution is 2.25. The third-order valence-electron chi connectivity index (χ3n) is 2.48. The Balaban J connectivity index is 2.26. The topological polar surface area (TPSA) is 82.3 Å². The van der Waals surface area contributed by atoms with Crippen molar-refractivity contribution in [3.63, 3.8) is 0 Å². The minimum absolute atomic E-state index is 0.438. The highest BCUT2D eigenvalue weighted by Gasteiger charge is 2.05. The SMILES string of the molecule is CCc1nc(NN)cc(Oc2cccc(OC)c2)n1. The van der Waals surface area contributed by atoms with Crippen LogP contribution in [-0.2, 0) is 6.42 Å². The molecular weight excluding hydrogens is 244 g/mol. The van der Waals surface area contributed by atoms with Gasteiger partial charge in [0, 0.05) is 18.6 Å². The Labute approximate surface area is 111 Å². The Morgan fingerprint density at radius 1 is 1.21 bits per heavy atom. The van der Waals surface area contributed by atoms with E-state index in [-0.39, 0.29) is 0 Å². The largest absolute Gasteiger partial charge is 0.497 e. The Bertz CT molecular complexity index is 538. The predicted octanol–water partition coefficient (Wildman–Crippen LogP) is 2.13. The van der Waals surface area contributed by atoms with E-state index in [2.05, 4.69) is 15.4 Å². The molecule has 0 atom stereocenters. The summed E-state index contributed by atoms with van der Waals surface area (Å²) in [6.45, 7) is 1.96. The van der Waals surface area contributed by atoms with Crippen molar-refractivity contribution >= 4 is 5.82 Å². The molecule has 19 heavy (non-hydrogen) atoms. The van der Waals surface area contributed by atoms with Crippen molar-refractivity contribution in [3.05, 3.63) is 36.2 Å². The van der Waals surface area contributed by atoms with Gasteiger partial charge in [0.15, 0.2) is 0 Å². The van der Waals surface area contributed by atoms with Crippen molar-refractivity contribution in [1.82, 2.24) is 9.97 Å². The van der Waals surface area contributed by atoms with Gasteiger partial charge < -0.3 is 14.9 Å². The Morgan fingerprint density at radius 2 is 2.00 bits per heavy atom. The Kier molecular flexibility index (Phi) is 4.15. The summed E-state index contributed by atoms with van der Waals surface area (Å²) in [4.78, 5) is 8.47. The van der Waals surface area contributed by atoms with Gasteiger partial charge in [-0.25, -0.2) is 10.8 Å². The molecule has 100 valence electrons. The minimum Gasteiger partial charge on any atom is -0.497 e. The molecule has 0 saturated carbocycles. The first kappa shape index (κ1) is 13.1. The number of ether oxygens (including phenoxy) is 2. The third-order valence-corrected chi connectivity index (χ3v) is 2.48. The van der Waals surface area contributed by atoms with Crippen molar-refractivity contribution in [2.75, 3.05) is 12.5 Å². The van der Waals surface area contributed by atoms with E-state index in [0.717, 1.165) is 5.75 Å². The van der Waals surface area contributed by atoms with Crippen LogP contribution in [0.3, 0.4) is 0 Å². The second kappa shape index (κ2) is 6.01. The highest BCUT2D eigenvalue weighted by atomic mass is 16.5. The maximum Gasteiger partial charge on any atom is 0.224 e. The summed E-state index contributed by atoms with van der Waals surface area (Å²) in [6, 6.07) is 8.93. The van der Waals surface area contributed by atoms with Crippen LogP contribution in [0.15, 0.2) is 30.3 Å². The fourth-order valence-electron chi connectivity index (χ4n) is 1.54. The van der Waals surface area contributed by atoms with Crippen molar-refractivity contribution in [2.45, 2.75) is 13.3 Å². The molecule has 0 spiro atoms. The van der Waals surface area contributed by atoms with Crippen LogP contribution in [0.2, 0.25) is 0 Å². The number of methoxy groups -OCH3 is 1. The monoisotopic (exact) mass is 260 g/mol. The summed E-state index contributed by atoms with van der Waals surface area (Å²) >= 11 is 0. The van der Waals surface area contributed by atoms with E-state index in [1.807, 2.05) is 25.1 Å². The second-order valence-corrected chi connectivity index (χ2v) is 3.79. The van der Waals surface area contributed by atoms with Gasteiger partial charge in [-0.3, -0.25) is 0 Å². The number of nitrogen functional groups attached to an aromatic ring is 1. The van der Waals surface area contributed by atoms with Crippen LogP contribution in [0.5, 0.6) is 17.4 Å². The molecule has 1 aromatic carbocycles. The van der Waals surface area contributed by atoms with Crippen molar-refractivity contribution in [2.24, 2.45) is 5.84 Å². The molecule has 2 aromatic rings. The van der Waals surface area contributed by atoms with Crippen LogP contribution < -0.4 is 20.7 Å². The molecule has 0 fully saturated rings. The van der Waals surface area contributed by atoms with Crippen LogP contribution >= 0.6 is 0 Å². The van der Waals surface area contributed by atoms with Crippen LogP contribution in [0.4, 0.5) is 5.82 Å². The highest BCUT2D eigenvalue weighted by molar-refractivity contribution is 5.40. The molecule has 0 unspecified atom stereocenters. The number of rotatable bonds is 5. The van der Waals surface area contributed by atoms with Crippen LogP contribution in [-0.4, -0.2) is 17.1 Å². The van der Waals surface area contributed by atoms with Crippen LogP contribution in [0.1, 0.15) is 12.7 Å². The number of anilines is 1. The fraction of sp³-hybridized carbons (Fsp3) is 0.231. The number of hydrogen-bond acceptors (Lipinski definition) is 6. The average Bonchev–Trinajstić information content (AvgIpc) is 2.47. The molecule has 0 aliphatic rings. The lowest BCUT2D eigenvalue weighted by atomic mass is 10.3. The first-order valence-electron chi connectivity index (χ1n) is 5.91. The number of hydrazine groups is 1.